The number of nitrogens with one attached hydrogen (secondary N) is 1. The number of allylic oxidation sites excluding steroid dienone is 1. The molecule has 4 rings (SSSR count). The first-order valence-corrected chi connectivity index (χ1v) is 12.5. The Morgan fingerprint density at radius 3 is 2.48 bits per heavy atom. The fourth-order valence-electron chi connectivity index (χ4n) is 3.81. The highest BCUT2D eigenvalue weighted by molar-refractivity contribution is 7.98. The zero-order valence-corrected chi connectivity index (χ0v) is 20.8. The van der Waals surface area contributed by atoms with Crippen molar-refractivity contribution in [2.24, 2.45) is 5.92 Å². The smallest absolute Gasteiger partial charge is 0.258 e. The summed E-state index contributed by atoms with van der Waals surface area (Å²) in [5.74, 6) is 1.21. The van der Waals surface area contributed by atoms with Crippen molar-refractivity contribution >= 4 is 34.7 Å². The van der Waals surface area contributed by atoms with Crippen LogP contribution in [0.15, 0.2) is 63.6 Å². The Hall–Kier alpha value is -2.71. The van der Waals surface area contributed by atoms with E-state index in [1.165, 1.54) is 17.0 Å². The molecule has 172 valence electrons. The predicted octanol–water partition coefficient (Wildman–Crippen LogP) is 6.31. The van der Waals surface area contributed by atoms with Gasteiger partial charge in [-0.1, -0.05) is 31.1 Å². The fourth-order valence-corrected chi connectivity index (χ4v) is 4.56. The molecule has 0 amide bonds. The molecule has 2 heterocycles. The second kappa shape index (κ2) is 10.1. The standard InChI is InChI=1S/C25H27FN4OS2/c1-15(2)13-14-30-16(3)21(22(27-25(30)32)17-5-9-19(26)10-6-17)24-28-23(29-31-24)18-7-11-20(33-4)12-8-18/h5-12,15,22H,13-14H2,1-4H3,(H,27,32). The van der Waals surface area contributed by atoms with Gasteiger partial charge in [0.25, 0.3) is 5.89 Å². The van der Waals surface area contributed by atoms with Gasteiger partial charge in [-0.15, -0.1) is 11.8 Å². The minimum Gasteiger partial charge on any atom is -0.351 e. The van der Waals surface area contributed by atoms with Crippen molar-refractivity contribution < 1.29 is 8.91 Å². The summed E-state index contributed by atoms with van der Waals surface area (Å²) in [7, 11) is 0. The molecule has 1 aliphatic rings. The first-order chi connectivity index (χ1) is 15.9. The minimum atomic E-state index is -0.319. The molecule has 3 aromatic rings. The van der Waals surface area contributed by atoms with Crippen molar-refractivity contribution in [2.75, 3.05) is 12.8 Å². The van der Waals surface area contributed by atoms with E-state index in [2.05, 4.69) is 29.2 Å². The van der Waals surface area contributed by atoms with Crippen molar-refractivity contribution in [1.29, 1.82) is 0 Å². The molecular formula is C25H27FN4OS2. The Morgan fingerprint density at radius 1 is 1.15 bits per heavy atom. The lowest BCUT2D eigenvalue weighted by Crippen LogP contribution is -2.46. The number of thioether (sulfide) groups is 1. The lowest BCUT2D eigenvalue weighted by atomic mass is 9.94. The van der Waals surface area contributed by atoms with Gasteiger partial charge >= 0.3 is 0 Å². The Morgan fingerprint density at radius 2 is 1.85 bits per heavy atom. The molecule has 0 saturated carbocycles. The van der Waals surface area contributed by atoms with E-state index in [4.69, 9.17) is 21.7 Å². The van der Waals surface area contributed by atoms with Crippen molar-refractivity contribution in [3.8, 4) is 11.4 Å². The van der Waals surface area contributed by atoms with Gasteiger partial charge in [0.2, 0.25) is 5.82 Å². The van der Waals surface area contributed by atoms with Gasteiger partial charge in [0.05, 0.1) is 11.6 Å². The second-order valence-electron chi connectivity index (χ2n) is 8.42. The van der Waals surface area contributed by atoms with Gasteiger partial charge in [0, 0.05) is 22.7 Å². The molecular weight excluding hydrogens is 455 g/mol. The second-order valence-corrected chi connectivity index (χ2v) is 9.69. The molecule has 0 bridgehead atoms. The number of hydrogen-bond donors (Lipinski definition) is 1. The van der Waals surface area contributed by atoms with Crippen LogP contribution in [0.4, 0.5) is 4.39 Å². The summed E-state index contributed by atoms with van der Waals surface area (Å²) < 4.78 is 19.4. The van der Waals surface area contributed by atoms with Gasteiger partial charge < -0.3 is 14.7 Å². The average Bonchev–Trinajstić information content (AvgIpc) is 3.28. The molecule has 8 heteroatoms. The van der Waals surface area contributed by atoms with Crippen LogP contribution in [0.1, 0.15) is 44.7 Å². The normalized spacial score (nSPS) is 16.5. The first-order valence-electron chi connectivity index (χ1n) is 10.9. The monoisotopic (exact) mass is 482 g/mol. The molecule has 1 N–H and O–H groups in total. The van der Waals surface area contributed by atoms with E-state index in [-0.39, 0.29) is 11.9 Å². The highest BCUT2D eigenvalue weighted by Crippen LogP contribution is 2.37. The SMILES string of the molecule is CSc1ccc(-c2noc(C3=C(C)N(CCC(C)C)C(=S)NC3c3ccc(F)cc3)n2)cc1. The van der Waals surface area contributed by atoms with Crippen LogP contribution in [0.25, 0.3) is 17.0 Å². The summed E-state index contributed by atoms with van der Waals surface area (Å²) >= 11 is 7.39. The maximum atomic E-state index is 13.6. The van der Waals surface area contributed by atoms with Crippen molar-refractivity contribution in [2.45, 2.75) is 38.1 Å². The van der Waals surface area contributed by atoms with Crippen molar-refractivity contribution in [1.82, 2.24) is 20.4 Å². The van der Waals surface area contributed by atoms with Crippen LogP contribution in [0.3, 0.4) is 0 Å². The predicted molar refractivity (Wildman–Crippen MR) is 135 cm³/mol. The van der Waals surface area contributed by atoms with E-state index >= 15 is 0 Å². The molecule has 1 atom stereocenters. The van der Waals surface area contributed by atoms with Gasteiger partial charge in [-0.3, -0.25) is 0 Å². The number of aromatic nitrogens is 2. The van der Waals surface area contributed by atoms with Gasteiger partial charge in [-0.25, -0.2) is 4.39 Å². The summed E-state index contributed by atoms with van der Waals surface area (Å²) in [6.07, 6.45) is 3.03. The van der Waals surface area contributed by atoms with Gasteiger partial charge in [0.15, 0.2) is 5.11 Å². The lowest BCUT2D eigenvalue weighted by molar-refractivity contribution is 0.390. The van der Waals surface area contributed by atoms with Gasteiger partial charge in [-0.2, -0.15) is 4.98 Å². The summed E-state index contributed by atoms with van der Waals surface area (Å²) in [6.45, 7) is 7.19. The van der Waals surface area contributed by atoms with Gasteiger partial charge in [0.1, 0.15) is 5.82 Å². The molecule has 1 unspecified atom stereocenters. The quantitative estimate of drug-likeness (QED) is 0.313. The molecule has 0 radical (unpaired) electrons. The van der Waals surface area contributed by atoms with E-state index in [1.54, 1.807) is 23.9 Å². The molecule has 33 heavy (non-hydrogen) atoms. The van der Waals surface area contributed by atoms with Crippen LogP contribution < -0.4 is 5.32 Å². The zero-order chi connectivity index (χ0) is 23.5. The molecule has 2 aromatic carbocycles. The van der Waals surface area contributed by atoms with E-state index in [0.29, 0.717) is 22.7 Å². The summed E-state index contributed by atoms with van der Waals surface area (Å²) in [5.41, 5.74) is 3.57. The van der Waals surface area contributed by atoms with Crippen LogP contribution >= 0.6 is 24.0 Å². The summed E-state index contributed by atoms with van der Waals surface area (Å²) in [6, 6.07) is 14.1. The fraction of sp³-hybridized carbons (Fsp3) is 0.320. The van der Waals surface area contributed by atoms with E-state index < -0.39 is 0 Å². The highest BCUT2D eigenvalue weighted by Gasteiger charge is 2.34. The molecule has 0 spiro atoms. The van der Waals surface area contributed by atoms with Crippen LogP contribution in [0, 0.1) is 11.7 Å². The Balaban J connectivity index is 1.76. The molecule has 0 saturated heterocycles. The van der Waals surface area contributed by atoms with E-state index in [1.807, 2.05) is 37.4 Å². The zero-order valence-electron chi connectivity index (χ0n) is 19.1. The van der Waals surface area contributed by atoms with Crippen LogP contribution in [0.5, 0.6) is 0 Å². The largest absolute Gasteiger partial charge is 0.351 e. The number of hydrogen-bond acceptors (Lipinski definition) is 5. The molecule has 0 fully saturated rings. The number of halogens is 1. The molecule has 1 aliphatic heterocycles. The Kier molecular flexibility index (Phi) is 7.14. The van der Waals surface area contributed by atoms with Gasteiger partial charge in [-0.05, 0) is 79.7 Å². The third-order valence-electron chi connectivity index (χ3n) is 5.73. The molecule has 1 aromatic heterocycles. The Labute approximate surface area is 203 Å². The summed E-state index contributed by atoms with van der Waals surface area (Å²) in [4.78, 5) is 7.99. The number of rotatable bonds is 7. The van der Waals surface area contributed by atoms with E-state index in [0.717, 1.165) is 35.4 Å². The number of benzene rings is 2. The van der Waals surface area contributed by atoms with Crippen LogP contribution in [-0.4, -0.2) is 33.0 Å². The molecule has 5 nitrogen and oxygen atoms in total. The molecule has 0 aliphatic carbocycles. The van der Waals surface area contributed by atoms with Crippen molar-refractivity contribution in [3.05, 3.63) is 71.5 Å². The topological polar surface area (TPSA) is 54.2 Å². The third-order valence-corrected chi connectivity index (χ3v) is 6.82. The first kappa shape index (κ1) is 23.4. The third kappa shape index (κ3) is 5.12. The number of nitrogens with zero attached hydrogens (tertiary/aromatic N) is 3. The highest BCUT2D eigenvalue weighted by atomic mass is 32.2. The maximum absolute atomic E-state index is 13.6. The van der Waals surface area contributed by atoms with Crippen LogP contribution in [-0.2, 0) is 0 Å². The summed E-state index contributed by atoms with van der Waals surface area (Å²) in [5, 5.41) is 8.30. The van der Waals surface area contributed by atoms with Crippen molar-refractivity contribution in [3.63, 3.8) is 0 Å². The average molecular weight is 483 g/mol. The maximum Gasteiger partial charge on any atom is 0.258 e. The minimum absolute atomic E-state index is 0.285. The van der Waals surface area contributed by atoms with E-state index in [9.17, 15) is 4.39 Å². The number of thiocarbonyl (C=S) groups is 1. The Bertz CT molecular complexity index is 1160. The lowest BCUT2D eigenvalue weighted by Gasteiger charge is -2.37. The van der Waals surface area contributed by atoms with Crippen LogP contribution in [0.2, 0.25) is 0 Å².